The maximum Gasteiger partial charge on any atom is 0.165 e. The van der Waals surface area contributed by atoms with E-state index in [9.17, 15) is 4.39 Å². The number of fused-ring (bicyclic) bond motifs is 3. The van der Waals surface area contributed by atoms with Crippen molar-refractivity contribution in [3.8, 4) is 17.2 Å². The molecule has 0 aliphatic carbocycles. The summed E-state index contributed by atoms with van der Waals surface area (Å²) in [5.41, 5.74) is 5.70. The first-order valence-corrected chi connectivity index (χ1v) is 10.7. The molecule has 2 heterocycles. The van der Waals surface area contributed by atoms with Crippen LogP contribution in [0.5, 0.6) is 17.2 Å². The van der Waals surface area contributed by atoms with Crippen LogP contribution in [0.2, 0.25) is 0 Å². The summed E-state index contributed by atoms with van der Waals surface area (Å²) in [6.07, 6.45) is 0.998. The number of para-hydroxylation sites is 1. The van der Waals surface area contributed by atoms with E-state index >= 15 is 0 Å². The van der Waals surface area contributed by atoms with Gasteiger partial charge in [-0.05, 0) is 54.1 Å². The maximum absolute atomic E-state index is 14.0. The molecule has 5 nitrogen and oxygen atoms in total. The van der Waals surface area contributed by atoms with E-state index in [1.165, 1.54) is 22.7 Å². The van der Waals surface area contributed by atoms with Gasteiger partial charge < -0.3 is 24.5 Å². The zero-order valence-electron chi connectivity index (χ0n) is 18.2. The van der Waals surface area contributed by atoms with Gasteiger partial charge in [-0.1, -0.05) is 12.1 Å². The van der Waals surface area contributed by atoms with Crippen LogP contribution in [0.3, 0.4) is 0 Å². The molecule has 0 saturated heterocycles. The van der Waals surface area contributed by atoms with Crippen LogP contribution in [0, 0.1) is 5.82 Å². The topological polar surface area (TPSA) is 60.1 Å². The highest BCUT2D eigenvalue weighted by atomic mass is 19.1. The molecule has 1 aliphatic heterocycles. The lowest BCUT2D eigenvalue weighted by Crippen LogP contribution is -2.87. The molecule has 0 amide bonds. The average molecular weight is 434 g/mol. The van der Waals surface area contributed by atoms with Crippen molar-refractivity contribution in [3.05, 3.63) is 88.9 Å². The Kier molecular flexibility index (Phi) is 5.45. The number of halogens is 1. The van der Waals surface area contributed by atoms with Gasteiger partial charge in [-0.2, -0.15) is 0 Å². The summed E-state index contributed by atoms with van der Waals surface area (Å²) < 4.78 is 30.7. The molecule has 0 spiro atoms. The van der Waals surface area contributed by atoms with Crippen molar-refractivity contribution < 1.29 is 23.9 Å². The van der Waals surface area contributed by atoms with Crippen LogP contribution in [0.4, 0.5) is 4.39 Å². The molecule has 1 aliphatic rings. The van der Waals surface area contributed by atoms with Crippen LogP contribution >= 0.6 is 0 Å². The zero-order chi connectivity index (χ0) is 22.1. The number of nitrogens with two attached hydrogens (primary N) is 1. The van der Waals surface area contributed by atoms with Gasteiger partial charge in [0.15, 0.2) is 17.6 Å². The Morgan fingerprint density at radius 1 is 1.00 bits per heavy atom. The molecular formula is C26H26FN2O3+. The Labute approximate surface area is 186 Å². The van der Waals surface area contributed by atoms with E-state index in [1.54, 1.807) is 32.4 Å². The van der Waals surface area contributed by atoms with Gasteiger partial charge in [-0.3, -0.25) is 0 Å². The summed E-state index contributed by atoms with van der Waals surface area (Å²) in [6, 6.07) is 18.9. The molecule has 3 aromatic carbocycles. The fraction of sp³-hybridized carbons (Fsp3) is 0.231. The van der Waals surface area contributed by atoms with E-state index in [0.717, 1.165) is 41.1 Å². The first-order chi connectivity index (χ1) is 15.7. The molecule has 0 fully saturated rings. The number of benzene rings is 3. The standard InChI is InChI=1S/C26H25FN2O3/c1-30-18-8-9-22-20(14-18)19-11-12-28-25(26(19)29-22)16-7-10-23(31-2)17(13-16)15-32-24-6-4-3-5-21(24)27/h3-10,13-14,25,28-29H,11-12,15H2,1-2H3/p+1. The summed E-state index contributed by atoms with van der Waals surface area (Å²) in [4.78, 5) is 3.63. The Morgan fingerprint density at radius 3 is 2.69 bits per heavy atom. The molecule has 32 heavy (non-hydrogen) atoms. The van der Waals surface area contributed by atoms with Crippen LogP contribution in [-0.2, 0) is 13.0 Å². The number of H-pyrrole nitrogens is 1. The molecule has 0 radical (unpaired) electrons. The molecular weight excluding hydrogens is 407 g/mol. The van der Waals surface area contributed by atoms with Crippen LogP contribution in [-0.4, -0.2) is 25.7 Å². The average Bonchev–Trinajstić information content (AvgIpc) is 3.21. The van der Waals surface area contributed by atoms with Crippen molar-refractivity contribution in [2.24, 2.45) is 0 Å². The fourth-order valence-electron chi connectivity index (χ4n) is 4.55. The second kappa shape index (κ2) is 8.55. The molecule has 1 aromatic heterocycles. The van der Waals surface area contributed by atoms with Crippen molar-refractivity contribution in [1.82, 2.24) is 4.98 Å². The smallest absolute Gasteiger partial charge is 0.165 e. The van der Waals surface area contributed by atoms with E-state index in [1.807, 2.05) is 12.1 Å². The number of quaternary nitrogens is 1. The highest BCUT2D eigenvalue weighted by Crippen LogP contribution is 2.34. The molecule has 1 unspecified atom stereocenters. The van der Waals surface area contributed by atoms with Gasteiger partial charge in [0.1, 0.15) is 18.1 Å². The molecule has 0 bridgehead atoms. The molecule has 1 atom stereocenters. The van der Waals surface area contributed by atoms with Crippen molar-refractivity contribution >= 4 is 10.9 Å². The number of rotatable bonds is 6. The monoisotopic (exact) mass is 433 g/mol. The predicted octanol–water partition coefficient (Wildman–Crippen LogP) is 4.11. The third-order valence-corrected chi connectivity index (χ3v) is 6.14. The Balaban J connectivity index is 1.49. The molecule has 4 aromatic rings. The quantitative estimate of drug-likeness (QED) is 0.481. The third-order valence-electron chi connectivity index (χ3n) is 6.14. The van der Waals surface area contributed by atoms with Gasteiger partial charge in [0.05, 0.1) is 26.5 Å². The summed E-state index contributed by atoms with van der Waals surface area (Å²) in [5.74, 6) is 1.45. The normalized spacial score (nSPS) is 15.4. The molecule has 0 saturated carbocycles. The Bertz CT molecular complexity index is 1270. The van der Waals surface area contributed by atoms with E-state index in [2.05, 4.69) is 34.6 Å². The summed E-state index contributed by atoms with van der Waals surface area (Å²) in [5, 5.41) is 3.56. The van der Waals surface area contributed by atoms with Crippen LogP contribution in [0.25, 0.3) is 10.9 Å². The van der Waals surface area contributed by atoms with E-state index in [0.29, 0.717) is 0 Å². The molecule has 164 valence electrons. The van der Waals surface area contributed by atoms with E-state index < -0.39 is 0 Å². The first-order valence-electron chi connectivity index (χ1n) is 10.7. The summed E-state index contributed by atoms with van der Waals surface area (Å²) >= 11 is 0. The fourth-order valence-corrected chi connectivity index (χ4v) is 4.55. The van der Waals surface area contributed by atoms with Crippen molar-refractivity contribution in [1.29, 1.82) is 0 Å². The highest BCUT2D eigenvalue weighted by Gasteiger charge is 2.29. The highest BCUT2D eigenvalue weighted by molar-refractivity contribution is 5.86. The van der Waals surface area contributed by atoms with Crippen LogP contribution in [0.1, 0.15) is 28.4 Å². The number of aromatic nitrogens is 1. The number of methoxy groups -OCH3 is 2. The first kappa shape index (κ1) is 20.4. The largest absolute Gasteiger partial charge is 0.497 e. The lowest BCUT2D eigenvalue weighted by molar-refractivity contribution is -0.690. The number of hydrogen-bond donors (Lipinski definition) is 2. The summed E-state index contributed by atoms with van der Waals surface area (Å²) in [6.45, 7) is 1.22. The minimum Gasteiger partial charge on any atom is -0.497 e. The number of ether oxygens (including phenoxy) is 3. The SMILES string of the molecule is COc1ccc2[nH]c3c(c2c1)CC[NH2+]C3c1ccc(OC)c(COc2ccccc2F)c1. The van der Waals surface area contributed by atoms with Gasteiger partial charge >= 0.3 is 0 Å². The summed E-state index contributed by atoms with van der Waals surface area (Å²) in [7, 11) is 3.33. The zero-order valence-corrected chi connectivity index (χ0v) is 18.2. The number of hydrogen-bond acceptors (Lipinski definition) is 3. The van der Waals surface area contributed by atoms with E-state index in [4.69, 9.17) is 14.2 Å². The Hall–Kier alpha value is -3.51. The third kappa shape index (κ3) is 3.67. The molecule has 6 heteroatoms. The van der Waals surface area contributed by atoms with Crippen molar-refractivity contribution in [3.63, 3.8) is 0 Å². The van der Waals surface area contributed by atoms with Gasteiger partial charge in [-0.25, -0.2) is 4.39 Å². The van der Waals surface area contributed by atoms with Gasteiger partial charge in [0, 0.05) is 28.5 Å². The second-order valence-corrected chi connectivity index (χ2v) is 7.97. The van der Waals surface area contributed by atoms with Crippen molar-refractivity contribution in [2.45, 2.75) is 19.1 Å². The Morgan fingerprint density at radius 2 is 1.88 bits per heavy atom. The van der Waals surface area contributed by atoms with Crippen LogP contribution in [0.15, 0.2) is 60.7 Å². The van der Waals surface area contributed by atoms with E-state index in [-0.39, 0.29) is 24.2 Å². The van der Waals surface area contributed by atoms with Gasteiger partial charge in [0.2, 0.25) is 0 Å². The lowest BCUT2D eigenvalue weighted by atomic mass is 9.93. The van der Waals surface area contributed by atoms with Gasteiger partial charge in [0.25, 0.3) is 0 Å². The van der Waals surface area contributed by atoms with Crippen LogP contribution < -0.4 is 19.5 Å². The van der Waals surface area contributed by atoms with Crippen molar-refractivity contribution in [2.75, 3.05) is 20.8 Å². The number of aromatic amines is 1. The predicted molar refractivity (Wildman–Crippen MR) is 121 cm³/mol. The minimum atomic E-state index is -0.374. The maximum atomic E-state index is 14.0. The number of nitrogens with one attached hydrogen (secondary N) is 1. The second-order valence-electron chi connectivity index (χ2n) is 7.97. The molecule has 5 rings (SSSR count). The van der Waals surface area contributed by atoms with Gasteiger partial charge in [-0.15, -0.1) is 0 Å². The minimum absolute atomic E-state index is 0.135. The lowest BCUT2D eigenvalue weighted by Gasteiger charge is -2.22. The molecule has 3 N–H and O–H groups in total.